The first-order valence-electron chi connectivity index (χ1n) is 5.67. The first kappa shape index (κ1) is 15.7. The lowest BCUT2D eigenvalue weighted by Gasteiger charge is -2.26. The molecule has 0 rings (SSSR count). The Labute approximate surface area is 102 Å². The van der Waals surface area contributed by atoms with Gasteiger partial charge in [-0.15, -0.1) is 0 Å². The molecule has 0 aliphatic rings. The summed E-state index contributed by atoms with van der Waals surface area (Å²) in [6, 6.07) is 0.00670. The van der Waals surface area contributed by atoms with Gasteiger partial charge in [0.05, 0.1) is 5.54 Å². The lowest BCUT2D eigenvalue weighted by atomic mass is 9.96. The highest BCUT2D eigenvalue weighted by Gasteiger charge is 2.28. The van der Waals surface area contributed by atoms with Gasteiger partial charge in [0, 0.05) is 18.4 Å². The number of nitrogens with two attached hydrogens (primary N) is 1. The van der Waals surface area contributed by atoms with Crippen LogP contribution in [0.15, 0.2) is 0 Å². The SMILES string of the molecule is CCCC(C)(N)C(=O)NC(CCO)CSC. The zero-order valence-electron chi connectivity index (χ0n) is 10.5. The van der Waals surface area contributed by atoms with Gasteiger partial charge in [-0.1, -0.05) is 13.3 Å². The van der Waals surface area contributed by atoms with Gasteiger partial charge in [-0.2, -0.15) is 11.8 Å². The molecule has 0 aromatic rings. The zero-order valence-corrected chi connectivity index (χ0v) is 11.3. The molecule has 1 amide bonds. The number of carbonyl (C=O) groups is 1. The Morgan fingerprint density at radius 1 is 1.62 bits per heavy atom. The Morgan fingerprint density at radius 3 is 2.69 bits per heavy atom. The predicted molar refractivity (Wildman–Crippen MR) is 69.5 cm³/mol. The van der Waals surface area contributed by atoms with Crippen molar-refractivity contribution in [3.8, 4) is 0 Å². The summed E-state index contributed by atoms with van der Waals surface area (Å²) in [5.74, 6) is 0.677. The van der Waals surface area contributed by atoms with E-state index >= 15 is 0 Å². The Morgan fingerprint density at radius 2 is 2.25 bits per heavy atom. The first-order chi connectivity index (χ1) is 7.47. The van der Waals surface area contributed by atoms with Crippen molar-refractivity contribution in [2.75, 3.05) is 18.6 Å². The molecule has 0 aromatic carbocycles. The van der Waals surface area contributed by atoms with Gasteiger partial charge in [-0.25, -0.2) is 0 Å². The molecule has 96 valence electrons. The summed E-state index contributed by atoms with van der Waals surface area (Å²) >= 11 is 1.65. The normalized spacial score (nSPS) is 16.6. The van der Waals surface area contributed by atoms with Crippen LogP contribution < -0.4 is 11.1 Å². The standard InChI is InChI=1S/C11H24N2O2S/c1-4-6-11(2,12)10(15)13-9(5-7-14)8-16-3/h9,14H,4-8,12H2,1-3H3,(H,13,15). The van der Waals surface area contributed by atoms with Gasteiger partial charge in [0.15, 0.2) is 0 Å². The molecule has 16 heavy (non-hydrogen) atoms. The van der Waals surface area contributed by atoms with E-state index in [9.17, 15) is 4.79 Å². The number of nitrogens with one attached hydrogen (secondary N) is 1. The Kier molecular flexibility index (Phi) is 7.80. The third kappa shape index (κ3) is 5.72. The highest BCUT2D eigenvalue weighted by atomic mass is 32.2. The highest BCUT2D eigenvalue weighted by Crippen LogP contribution is 2.10. The average molecular weight is 248 g/mol. The van der Waals surface area contributed by atoms with Crippen LogP contribution in [-0.2, 0) is 4.79 Å². The van der Waals surface area contributed by atoms with E-state index in [0.717, 1.165) is 12.2 Å². The van der Waals surface area contributed by atoms with Crippen LogP contribution in [0.2, 0.25) is 0 Å². The molecule has 2 atom stereocenters. The molecule has 4 nitrogen and oxygen atoms in total. The summed E-state index contributed by atoms with van der Waals surface area (Å²) in [6.45, 7) is 3.84. The number of rotatable bonds is 8. The van der Waals surface area contributed by atoms with Crippen molar-refractivity contribution >= 4 is 17.7 Å². The summed E-state index contributed by atoms with van der Waals surface area (Å²) < 4.78 is 0. The van der Waals surface area contributed by atoms with Crippen LogP contribution in [0.1, 0.15) is 33.1 Å². The van der Waals surface area contributed by atoms with Crippen molar-refractivity contribution in [2.24, 2.45) is 5.73 Å². The average Bonchev–Trinajstić information content (AvgIpc) is 2.18. The number of thioether (sulfide) groups is 1. The summed E-state index contributed by atoms with van der Waals surface area (Å²) in [5.41, 5.74) is 5.13. The van der Waals surface area contributed by atoms with Gasteiger partial charge < -0.3 is 16.2 Å². The molecule has 0 spiro atoms. The van der Waals surface area contributed by atoms with Crippen LogP contribution in [0, 0.1) is 0 Å². The molecule has 0 fully saturated rings. The summed E-state index contributed by atoms with van der Waals surface area (Å²) in [5, 5.41) is 11.8. The Balaban J connectivity index is 4.26. The molecule has 5 heteroatoms. The van der Waals surface area contributed by atoms with Gasteiger partial charge in [0.1, 0.15) is 0 Å². The third-order valence-electron chi connectivity index (χ3n) is 2.47. The van der Waals surface area contributed by atoms with Crippen molar-refractivity contribution in [1.29, 1.82) is 0 Å². The van der Waals surface area contributed by atoms with Crippen LogP contribution in [0.5, 0.6) is 0 Å². The molecule has 0 saturated carbocycles. The Hall–Kier alpha value is -0.260. The molecular weight excluding hydrogens is 224 g/mol. The fourth-order valence-electron chi connectivity index (χ4n) is 1.54. The van der Waals surface area contributed by atoms with Crippen LogP contribution >= 0.6 is 11.8 Å². The quantitative estimate of drug-likeness (QED) is 0.592. The minimum atomic E-state index is -0.805. The van der Waals surface area contributed by atoms with Crippen molar-refractivity contribution in [2.45, 2.75) is 44.7 Å². The molecule has 0 saturated heterocycles. The fourth-order valence-corrected chi connectivity index (χ4v) is 2.19. The van der Waals surface area contributed by atoms with Crippen molar-refractivity contribution in [3.63, 3.8) is 0 Å². The molecule has 4 N–H and O–H groups in total. The van der Waals surface area contributed by atoms with Crippen molar-refractivity contribution in [3.05, 3.63) is 0 Å². The maximum absolute atomic E-state index is 11.9. The van der Waals surface area contributed by atoms with E-state index in [1.165, 1.54) is 0 Å². The van der Waals surface area contributed by atoms with Crippen LogP contribution in [0.3, 0.4) is 0 Å². The second-order valence-electron chi connectivity index (χ2n) is 4.31. The maximum atomic E-state index is 11.9. The topological polar surface area (TPSA) is 75.4 Å². The molecular formula is C11H24N2O2S. The largest absolute Gasteiger partial charge is 0.396 e. The fraction of sp³-hybridized carbons (Fsp3) is 0.909. The van der Waals surface area contributed by atoms with Gasteiger partial charge in [-0.05, 0) is 26.0 Å². The van der Waals surface area contributed by atoms with E-state index in [2.05, 4.69) is 5.32 Å². The minimum Gasteiger partial charge on any atom is -0.396 e. The molecule has 0 aromatic heterocycles. The summed E-state index contributed by atoms with van der Waals surface area (Å²) in [4.78, 5) is 11.9. The van der Waals surface area contributed by atoms with Crippen LogP contribution in [-0.4, -0.2) is 41.2 Å². The summed E-state index contributed by atoms with van der Waals surface area (Å²) in [6.07, 6.45) is 4.11. The smallest absolute Gasteiger partial charge is 0.240 e. The van der Waals surface area contributed by atoms with Gasteiger partial charge in [-0.3, -0.25) is 4.79 Å². The molecule has 0 aliphatic heterocycles. The second kappa shape index (κ2) is 7.92. The number of amides is 1. The lowest BCUT2D eigenvalue weighted by Crippen LogP contribution is -2.54. The molecule has 0 radical (unpaired) electrons. The minimum absolute atomic E-state index is 0.00670. The Bertz CT molecular complexity index is 204. The molecule has 2 unspecified atom stereocenters. The van der Waals surface area contributed by atoms with Crippen LogP contribution in [0.4, 0.5) is 0 Å². The maximum Gasteiger partial charge on any atom is 0.240 e. The summed E-state index contributed by atoms with van der Waals surface area (Å²) in [7, 11) is 0. The second-order valence-corrected chi connectivity index (χ2v) is 5.22. The van der Waals surface area contributed by atoms with Crippen LogP contribution in [0.25, 0.3) is 0 Å². The van der Waals surface area contributed by atoms with Gasteiger partial charge in [0.25, 0.3) is 0 Å². The highest BCUT2D eigenvalue weighted by molar-refractivity contribution is 7.98. The van der Waals surface area contributed by atoms with Gasteiger partial charge >= 0.3 is 0 Å². The van der Waals surface area contributed by atoms with E-state index in [0.29, 0.717) is 12.8 Å². The molecule has 0 aliphatic carbocycles. The van der Waals surface area contributed by atoms with E-state index in [4.69, 9.17) is 10.8 Å². The number of hydrogen-bond donors (Lipinski definition) is 3. The van der Waals surface area contributed by atoms with Crippen molar-refractivity contribution in [1.82, 2.24) is 5.32 Å². The van der Waals surface area contributed by atoms with E-state index in [1.54, 1.807) is 18.7 Å². The van der Waals surface area contributed by atoms with E-state index in [-0.39, 0.29) is 18.6 Å². The monoisotopic (exact) mass is 248 g/mol. The van der Waals surface area contributed by atoms with E-state index < -0.39 is 5.54 Å². The molecule has 0 heterocycles. The third-order valence-corrected chi connectivity index (χ3v) is 3.20. The number of carbonyl (C=O) groups excluding carboxylic acids is 1. The van der Waals surface area contributed by atoms with Crippen molar-refractivity contribution < 1.29 is 9.90 Å². The van der Waals surface area contributed by atoms with Gasteiger partial charge in [0.2, 0.25) is 5.91 Å². The predicted octanol–water partition coefficient (Wildman–Crippen LogP) is 0.734. The zero-order chi connectivity index (χ0) is 12.6. The van der Waals surface area contributed by atoms with E-state index in [1.807, 2.05) is 13.2 Å². The number of aliphatic hydroxyl groups is 1. The first-order valence-corrected chi connectivity index (χ1v) is 7.07. The lowest BCUT2D eigenvalue weighted by molar-refractivity contribution is -0.126. The number of aliphatic hydroxyl groups excluding tert-OH is 1. The molecule has 0 bridgehead atoms. The number of hydrogen-bond acceptors (Lipinski definition) is 4.